The molecule has 0 fully saturated rings. The Morgan fingerprint density at radius 3 is 2.68 bits per heavy atom. The second-order valence-electron chi connectivity index (χ2n) is 6.43. The molecule has 0 aliphatic heterocycles. The van der Waals surface area contributed by atoms with Crippen LogP contribution in [-0.4, -0.2) is 34.6 Å². The van der Waals surface area contributed by atoms with E-state index in [4.69, 9.17) is 11.6 Å². The minimum absolute atomic E-state index is 0.0444. The Labute approximate surface area is 173 Å². The smallest absolute Gasteiger partial charge is 0.268 e. The molecule has 1 unspecified atom stereocenters. The van der Waals surface area contributed by atoms with Crippen molar-refractivity contribution in [1.82, 2.24) is 20.6 Å². The molecule has 0 aliphatic rings. The van der Waals surface area contributed by atoms with E-state index in [0.717, 1.165) is 33.4 Å². The zero-order valence-electron chi connectivity index (χ0n) is 15.8. The first kappa shape index (κ1) is 20.5. The number of hydrogen-bond acceptors (Lipinski definition) is 5. The van der Waals surface area contributed by atoms with E-state index in [0.29, 0.717) is 17.1 Å². The summed E-state index contributed by atoms with van der Waals surface area (Å²) in [4.78, 5) is 21.3. The van der Waals surface area contributed by atoms with Crippen molar-refractivity contribution in [3.05, 3.63) is 62.7 Å². The molecule has 148 valence electrons. The van der Waals surface area contributed by atoms with Gasteiger partial charge in [-0.25, -0.2) is 4.98 Å². The van der Waals surface area contributed by atoms with Crippen LogP contribution in [0.1, 0.15) is 38.5 Å². The molecule has 4 N–H and O–H groups in total. The van der Waals surface area contributed by atoms with Crippen molar-refractivity contribution in [3.8, 4) is 11.3 Å². The highest BCUT2D eigenvalue weighted by Gasteiger charge is 2.21. The van der Waals surface area contributed by atoms with Crippen LogP contribution in [0.15, 0.2) is 36.4 Å². The first-order valence-corrected chi connectivity index (χ1v) is 10.2. The van der Waals surface area contributed by atoms with Crippen LogP contribution in [0, 0.1) is 6.92 Å². The maximum absolute atomic E-state index is 12.8. The van der Waals surface area contributed by atoms with E-state index in [1.807, 2.05) is 44.3 Å². The third-order valence-corrected chi connectivity index (χ3v) is 5.93. The zero-order valence-corrected chi connectivity index (χ0v) is 17.3. The van der Waals surface area contributed by atoms with Gasteiger partial charge in [-0.1, -0.05) is 23.7 Å². The Kier molecular flexibility index (Phi) is 6.85. The number of carbonyl (C=O) groups excluding carboxylic acids is 1. The SMILES string of the molecule is CNCCC(NC(=O)c1ccc(-c2ccc(Cl)cc2)[nH]1)c1nc(C)c(CO)s1. The van der Waals surface area contributed by atoms with Gasteiger partial charge in [-0.2, -0.15) is 0 Å². The molecule has 3 rings (SSSR count). The van der Waals surface area contributed by atoms with E-state index >= 15 is 0 Å². The lowest BCUT2D eigenvalue weighted by atomic mass is 10.2. The predicted octanol–water partition coefficient (Wildman–Crippen LogP) is 3.67. The van der Waals surface area contributed by atoms with Crippen LogP contribution in [0.25, 0.3) is 11.3 Å². The highest BCUT2D eigenvalue weighted by molar-refractivity contribution is 7.11. The summed E-state index contributed by atoms with van der Waals surface area (Å²) in [6, 6.07) is 10.8. The van der Waals surface area contributed by atoms with Crippen molar-refractivity contribution >= 4 is 28.8 Å². The predicted molar refractivity (Wildman–Crippen MR) is 113 cm³/mol. The van der Waals surface area contributed by atoms with Gasteiger partial charge < -0.3 is 20.7 Å². The van der Waals surface area contributed by atoms with Gasteiger partial charge in [-0.3, -0.25) is 4.79 Å². The van der Waals surface area contributed by atoms with E-state index in [-0.39, 0.29) is 18.6 Å². The fourth-order valence-corrected chi connectivity index (χ4v) is 3.99. The monoisotopic (exact) mass is 418 g/mol. The Bertz CT molecular complexity index is 936. The molecule has 3 aromatic rings. The number of nitrogens with zero attached hydrogens (tertiary/aromatic N) is 1. The molecule has 0 spiro atoms. The highest BCUT2D eigenvalue weighted by Crippen LogP contribution is 2.26. The summed E-state index contributed by atoms with van der Waals surface area (Å²) in [6.45, 7) is 2.56. The fraction of sp³-hybridized carbons (Fsp3) is 0.300. The van der Waals surface area contributed by atoms with Crippen molar-refractivity contribution in [2.24, 2.45) is 0 Å². The van der Waals surface area contributed by atoms with Crippen LogP contribution in [0.5, 0.6) is 0 Å². The molecule has 2 heterocycles. The number of nitrogens with one attached hydrogen (secondary N) is 3. The van der Waals surface area contributed by atoms with Crippen LogP contribution in [-0.2, 0) is 6.61 Å². The summed E-state index contributed by atoms with van der Waals surface area (Å²) in [7, 11) is 1.87. The van der Waals surface area contributed by atoms with Crippen LogP contribution in [0.2, 0.25) is 5.02 Å². The summed E-state index contributed by atoms with van der Waals surface area (Å²) < 4.78 is 0. The minimum atomic E-state index is -0.230. The Morgan fingerprint density at radius 2 is 2.04 bits per heavy atom. The summed E-state index contributed by atoms with van der Waals surface area (Å²) in [5, 5.41) is 17.1. The molecule has 28 heavy (non-hydrogen) atoms. The third-order valence-electron chi connectivity index (χ3n) is 4.43. The summed E-state index contributed by atoms with van der Waals surface area (Å²) in [5.41, 5.74) is 3.09. The molecule has 8 heteroatoms. The third kappa shape index (κ3) is 4.80. The number of aryl methyl sites for hydroxylation is 1. The van der Waals surface area contributed by atoms with Gasteiger partial charge in [0.15, 0.2) is 0 Å². The van der Waals surface area contributed by atoms with Gasteiger partial charge in [-0.15, -0.1) is 11.3 Å². The lowest BCUT2D eigenvalue weighted by Gasteiger charge is -2.16. The molecule has 1 aromatic carbocycles. The normalized spacial score (nSPS) is 12.1. The number of aromatic nitrogens is 2. The number of rotatable bonds is 8. The van der Waals surface area contributed by atoms with Crippen LogP contribution in [0.3, 0.4) is 0 Å². The average molecular weight is 419 g/mol. The van der Waals surface area contributed by atoms with Crippen LogP contribution in [0.4, 0.5) is 0 Å². The standard InChI is InChI=1S/C20H23ClN4O2S/c1-12-18(11-26)28-20(23-12)17(9-10-22-2)25-19(27)16-8-7-15(24-16)13-3-5-14(21)6-4-13/h3-8,17,22,24,26H,9-11H2,1-2H3,(H,25,27). The zero-order chi connectivity index (χ0) is 20.1. The minimum Gasteiger partial charge on any atom is -0.391 e. The number of aromatic amines is 1. The number of thiazole rings is 1. The second kappa shape index (κ2) is 9.34. The maximum Gasteiger partial charge on any atom is 0.268 e. The Hall–Kier alpha value is -2.19. The molecule has 0 saturated carbocycles. The fourth-order valence-electron chi connectivity index (χ4n) is 2.85. The quantitative estimate of drug-likeness (QED) is 0.449. The lowest BCUT2D eigenvalue weighted by molar-refractivity contribution is 0.0930. The van der Waals surface area contributed by atoms with Crippen molar-refractivity contribution in [2.75, 3.05) is 13.6 Å². The number of benzene rings is 1. The second-order valence-corrected chi connectivity index (χ2v) is 7.98. The van der Waals surface area contributed by atoms with Gasteiger partial charge in [0, 0.05) is 10.7 Å². The van der Waals surface area contributed by atoms with Crippen LogP contribution >= 0.6 is 22.9 Å². The average Bonchev–Trinajstić information content (AvgIpc) is 3.32. The van der Waals surface area contributed by atoms with Crippen molar-refractivity contribution in [1.29, 1.82) is 0 Å². The molecule has 2 aromatic heterocycles. The van der Waals surface area contributed by atoms with Crippen molar-refractivity contribution < 1.29 is 9.90 Å². The number of aliphatic hydroxyl groups excluding tert-OH is 1. The summed E-state index contributed by atoms with van der Waals surface area (Å²) in [6.07, 6.45) is 0.699. The number of carbonyl (C=O) groups is 1. The molecule has 0 aliphatic carbocycles. The molecule has 1 atom stereocenters. The number of H-pyrrole nitrogens is 1. The van der Waals surface area contributed by atoms with Crippen molar-refractivity contribution in [3.63, 3.8) is 0 Å². The first-order valence-electron chi connectivity index (χ1n) is 8.99. The molecular formula is C20H23ClN4O2S. The van der Waals surface area contributed by atoms with Gasteiger partial charge in [0.05, 0.1) is 23.2 Å². The number of hydrogen-bond donors (Lipinski definition) is 4. The topological polar surface area (TPSA) is 90.0 Å². The highest BCUT2D eigenvalue weighted by atomic mass is 35.5. The van der Waals surface area contributed by atoms with Crippen LogP contribution < -0.4 is 10.6 Å². The molecular weight excluding hydrogens is 396 g/mol. The Morgan fingerprint density at radius 1 is 1.29 bits per heavy atom. The summed E-state index contributed by atoms with van der Waals surface area (Å²) in [5.74, 6) is -0.195. The number of aliphatic hydroxyl groups is 1. The Balaban J connectivity index is 1.77. The van der Waals surface area contributed by atoms with Crippen molar-refractivity contribution in [2.45, 2.75) is 26.0 Å². The van der Waals surface area contributed by atoms with Gasteiger partial charge in [0.1, 0.15) is 10.7 Å². The summed E-state index contributed by atoms with van der Waals surface area (Å²) >= 11 is 7.37. The molecule has 0 bridgehead atoms. The molecule has 1 amide bonds. The van der Waals surface area contributed by atoms with E-state index in [1.54, 1.807) is 6.07 Å². The largest absolute Gasteiger partial charge is 0.391 e. The van der Waals surface area contributed by atoms with Gasteiger partial charge in [-0.05, 0) is 56.8 Å². The van der Waals surface area contributed by atoms with E-state index in [1.165, 1.54) is 11.3 Å². The molecule has 0 radical (unpaired) electrons. The lowest BCUT2D eigenvalue weighted by Crippen LogP contribution is -2.30. The van der Waals surface area contributed by atoms with Gasteiger partial charge in [0.2, 0.25) is 0 Å². The number of halogens is 1. The first-order chi connectivity index (χ1) is 13.5. The number of amides is 1. The van der Waals surface area contributed by atoms with E-state index in [9.17, 15) is 9.90 Å². The van der Waals surface area contributed by atoms with E-state index in [2.05, 4.69) is 20.6 Å². The van der Waals surface area contributed by atoms with Gasteiger partial charge >= 0.3 is 0 Å². The maximum atomic E-state index is 12.8. The molecule has 6 nitrogen and oxygen atoms in total. The van der Waals surface area contributed by atoms with E-state index < -0.39 is 0 Å². The molecule has 0 saturated heterocycles. The van der Waals surface area contributed by atoms with Gasteiger partial charge in [0.25, 0.3) is 5.91 Å².